The second kappa shape index (κ2) is 9.05. The summed E-state index contributed by atoms with van der Waals surface area (Å²) in [5, 5.41) is 9.78. The van der Waals surface area contributed by atoms with Gasteiger partial charge in [0.2, 0.25) is 5.82 Å². The number of nitrogens with one attached hydrogen (secondary N) is 2. The first-order valence-corrected chi connectivity index (χ1v) is 10.0. The van der Waals surface area contributed by atoms with Crippen molar-refractivity contribution >= 4 is 17.5 Å². The Morgan fingerprint density at radius 3 is 2.68 bits per heavy atom. The number of para-hydroxylation sites is 1. The molecule has 9 heteroatoms. The maximum atomic E-state index is 13.2. The van der Waals surface area contributed by atoms with Crippen LogP contribution in [0, 0.1) is 12.7 Å². The lowest BCUT2D eigenvalue weighted by Gasteiger charge is -2.13. The van der Waals surface area contributed by atoms with Gasteiger partial charge in [0.15, 0.2) is 0 Å². The molecular weight excluding hydrogens is 401 g/mol. The van der Waals surface area contributed by atoms with Crippen molar-refractivity contribution in [3.05, 3.63) is 71.6 Å². The smallest absolute Gasteiger partial charge is 0.295 e. The maximum Gasteiger partial charge on any atom is 0.295 e. The van der Waals surface area contributed by atoms with E-state index in [0.717, 1.165) is 12.8 Å². The molecule has 2 aromatic carbocycles. The number of halogens is 1. The monoisotopic (exact) mass is 423 g/mol. The van der Waals surface area contributed by atoms with Crippen LogP contribution in [-0.4, -0.2) is 45.8 Å². The number of carbonyl (C=O) groups excluding carboxylic acids is 2. The van der Waals surface area contributed by atoms with E-state index in [-0.39, 0.29) is 23.7 Å². The van der Waals surface area contributed by atoms with Crippen molar-refractivity contribution < 1.29 is 18.7 Å². The number of amides is 2. The van der Waals surface area contributed by atoms with E-state index in [1.165, 1.54) is 16.8 Å². The Labute approximate surface area is 178 Å². The molecule has 8 nitrogen and oxygen atoms in total. The third-order valence-corrected chi connectivity index (χ3v) is 4.98. The van der Waals surface area contributed by atoms with Crippen molar-refractivity contribution in [2.75, 3.05) is 18.5 Å². The van der Waals surface area contributed by atoms with Gasteiger partial charge in [0.05, 0.1) is 23.0 Å². The Hall–Kier alpha value is -3.59. The molecule has 1 fully saturated rings. The third-order valence-electron chi connectivity index (χ3n) is 4.98. The molecule has 31 heavy (non-hydrogen) atoms. The summed E-state index contributed by atoms with van der Waals surface area (Å²) >= 11 is 0. The topological polar surface area (TPSA) is 98.1 Å². The van der Waals surface area contributed by atoms with Gasteiger partial charge in [0, 0.05) is 13.2 Å². The molecule has 1 aromatic heterocycles. The molecule has 0 radical (unpaired) electrons. The van der Waals surface area contributed by atoms with Gasteiger partial charge in [-0.3, -0.25) is 9.59 Å². The molecule has 1 atom stereocenters. The first-order valence-electron chi connectivity index (χ1n) is 10.0. The molecule has 0 spiro atoms. The number of aryl methyl sites for hydroxylation is 1. The zero-order valence-corrected chi connectivity index (χ0v) is 17.0. The Morgan fingerprint density at radius 1 is 1.16 bits per heavy atom. The van der Waals surface area contributed by atoms with Gasteiger partial charge in [0.1, 0.15) is 11.6 Å². The average molecular weight is 423 g/mol. The molecule has 2 heterocycles. The molecule has 2 amide bonds. The van der Waals surface area contributed by atoms with Crippen molar-refractivity contribution in [2.24, 2.45) is 0 Å². The van der Waals surface area contributed by atoms with Crippen LogP contribution < -0.4 is 10.6 Å². The van der Waals surface area contributed by atoms with Crippen LogP contribution in [-0.2, 0) is 4.74 Å². The molecule has 0 bridgehead atoms. The fourth-order valence-electron chi connectivity index (χ4n) is 3.39. The Bertz CT molecular complexity index is 1090. The fourth-order valence-corrected chi connectivity index (χ4v) is 3.39. The minimum absolute atomic E-state index is 0.0216. The summed E-state index contributed by atoms with van der Waals surface area (Å²) in [6.07, 6.45) is 1.93. The van der Waals surface area contributed by atoms with E-state index in [0.29, 0.717) is 35.9 Å². The second-order valence-electron chi connectivity index (χ2n) is 7.22. The maximum absolute atomic E-state index is 13.2. The molecule has 0 saturated carbocycles. The highest BCUT2D eigenvalue weighted by Gasteiger charge is 2.20. The van der Waals surface area contributed by atoms with Crippen molar-refractivity contribution in [2.45, 2.75) is 25.9 Å². The van der Waals surface area contributed by atoms with Crippen molar-refractivity contribution in [3.63, 3.8) is 0 Å². The molecule has 1 aliphatic heterocycles. The summed E-state index contributed by atoms with van der Waals surface area (Å²) in [4.78, 5) is 29.6. The van der Waals surface area contributed by atoms with Crippen LogP contribution in [0.15, 0.2) is 48.5 Å². The second-order valence-corrected chi connectivity index (χ2v) is 7.22. The summed E-state index contributed by atoms with van der Waals surface area (Å²) in [6.45, 7) is 2.83. The molecule has 160 valence electrons. The summed E-state index contributed by atoms with van der Waals surface area (Å²) in [5.74, 6) is -0.805. The number of hydrogen-bond acceptors (Lipinski definition) is 5. The fraction of sp³-hybridized carbons (Fsp3) is 0.273. The minimum Gasteiger partial charge on any atom is -0.376 e. The van der Waals surface area contributed by atoms with Gasteiger partial charge < -0.3 is 15.4 Å². The number of aromatic nitrogens is 3. The lowest BCUT2D eigenvalue weighted by molar-refractivity contribution is 0.0858. The zero-order valence-electron chi connectivity index (χ0n) is 17.0. The van der Waals surface area contributed by atoms with E-state index in [1.807, 2.05) is 0 Å². The zero-order chi connectivity index (χ0) is 21.8. The largest absolute Gasteiger partial charge is 0.376 e. The van der Waals surface area contributed by atoms with Gasteiger partial charge >= 0.3 is 0 Å². The summed E-state index contributed by atoms with van der Waals surface area (Å²) in [5.41, 5.74) is 1.27. The lowest BCUT2D eigenvalue weighted by atomic mass is 10.1. The van der Waals surface area contributed by atoms with Gasteiger partial charge in [-0.15, -0.1) is 5.10 Å². The third kappa shape index (κ3) is 4.77. The van der Waals surface area contributed by atoms with Gasteiger partial charge in [0.25, 0.3) is 11.8 Å². The lowest BCUT2D eigenvalue weighted by Crippen LogP contribution is -2.32. The molecule has 4 rings (SSSR count). The number of anilines is 1. The normalized spacial score (nSPS) is 15.6. The van der Waals surface area contributed by atoms with Gasteiger partial charge in [-0.25, -0.2) is 14.1 Å². The molecule has 1 saturated heterocycles. The van der Waals surface area contributed by atoms with E-state index in [2.05, 4.69) is 20.7 Å². The first-order chi connectivity index (χ1) is 15.0. The van der Waals surface area contributed by atoms with Crippen molar-refractivity contribution in [1.82, 2.24) is 20.1 Å². The van der Waals surface area contributed by atoms with Crippen LogP contribution >= 0.6 is 0 Å². The highest BCUT2D eigenvalue weighted by atomic mass is 19.1. The predicted octanol–water partition coefficient (Wildman–Crippen LogP) is 2.88. The number of hydrogen-bond donors (Lipinski definition) is 2. The molecule has 1 unspecified atom stereocenters. The Morgan fingerprint density at radius 2 is 1.94 bits per heavy atom. The number of nitrogens with zero attached hydrogens (tertiary/aromatic N) is 3. The Balaban J connectivity index is 1.48. The molecule has 2 N–H and O–H groups in total. The van der Waals surface area contributed by atoms with Gasteiger partial charge in [-0.05, 0) is 56.2 Å². The van der Waals surface area contributed by atoms with Gasteiger partial charge in [-0.1, -0.05) is 12.1 Å². The quantitative estimate of drug-likeness (QED) is 0.635. The van der Waals surface area contributed by atoms with Crippen LogP contribution in [0.4, 0.5) is 10.1 Å². The SMILES string of the molecule is Cc1nc(C(=O)Nc2ccccc2C(=O)NCC2CCCO2)nn1-c1ccc(F)cc1. The van der Waals surface area contributed by atoms with E-state index in [4.69, 9.17) is 4.74 Å². The summed E-state index contributed by atoms with van der Waals surface area (Å²) in [6, 6.07) is 12.4. The standard InChI is InChI=1S/C22H22FN5O3/c1-14-25-20(27-28(14)16-10-8-15(23)9-11-16)22(30)26-19-7-3-2-6-18(19)21(29)24-13-17-5-4-12-31-17/h2-3,6-11,17H,4-5,12-13H2,1H3,(H,24,29)(H,26,30). The van der Waals surface area contributed by atoms with E-state index >= 15 is 0 Å². The van der Waals surface area contributed by atoms with Crippen LogP contribution in [0.5, 0.6) is 0 Å². The van der Waals surface area contributed by atoms with E-state index in [9.17, 15) is 14.0 Å². The molecule has 3 aromatic rings. The Kier molecular flexibility index (Phi) is 6.03. The van der Waals surface area contributed by atoms with Crippen LogP contribution in [0.25, 0.3) is 5.69 Å². The summed E-state index contributed by atoms with van der Waals surface area (Å²) < 4.78 is 20.2. The van der Waals surface area contributed by atoms with Crippen molar-refractivity contribution in [3.8, 4) is 5.69 Å². The highest BCUT2D eigenvalue weighted by molar-refractivity contribution is 6.07. The number of benzene rings is 2. The first kappa shape index (κ1) is 20.7. The van der Waals surface area contributed by atoms with E-state index < -0.39 is 5.91 Å². The van der Waals surface area contributed by atoms with Crippen LogP contribution in [0.3, 0.4) is 0 Å². The van der Waals surface area contributed by atoms with Gasteiger partial charge in [-0.2, -0.15) is 0 Å². The average Bonchev–Trinajstić information content (AvgIpc) is 3.43. The minimum atomic E-state index is -0.552. The molecule has 1 aliphatic rings. The molecular formula is C22H22FN5O3. The number of rotatable bonds is 6. The number of carbonyl (C=O) groups is 2. The van der Waals surface area contributed by atoms with E-state index in [1.54, 1.807) is 43.3 Å². The van der Waals surface area contributed by atoms with Crippen LogP contribution in [0.1, 0.15) is 39.6 Å². The van der Waals surface area contributed by atoms with Crippen molar-refractivity contribution in [1.29, 1.82) is 0 Å². The molecule has 0 aliphatic carbocycles. The highest BCUT2D eigenvalue weighted by Crippen LogP contribution is 2.17. The number of ether oxygens (including phenoxy) is 1. The summed E-state index contributed by atoms with van der Waals surface area (Å²) in [7, 11) is 0. The predicted molar refractivity (Wildman–Crippen MR) is 112 cm³/mol. The van der Waals surface area contributed by atoms with Crippen LogP contribution in [0.2, 0.25) is 0 Å².